The molecule has 0 saturated carbocycles. The summed E-state index contributed by atoms with van der Waals surface area (Å²) in [7, 11) is -3.94. The molecule has 0 bridgehead atoms. The minimum Gasteiger partial charge on any atom is -0.378 e. The van der Waals surface area contributed by atoms with Crippen LogP contribution in [0.3, 0.4) is 0 Å². The van der Waals surface area contributed by atoms with Crippen molar-refractivity contribution in [3.63, 3.8) is 0 Å². The van der Waals surface area contributed by atoms with Gasteiger partial charge in [0.25, 0.3) is 5.91 Å². The van der Waals surface area contributed by atoms with Crippen LogP contribution in [0.5, 0.6) is 0 Å². The number of carbonyl (C=O) groups is 2. The molecule has 2 heterocycles. The highest BCUT2D eigenvalue weighted by atomic mass is 32.2. The zero-order chi connectivity index (χ0) is 23.3. The van der Waals surface area contributed by atoms with E-state index in [2.05, 4.69) is 0 Å². The highest BCUT2D eigenvalue weighted by Gasteiger charge is 2.28. The molecule has 0 radical (unpaired) electrons. The average Bonchev–Trinajstić information content (AvgIpc) is 2.79. The molecule has 0 aliphatic carbocycles. The molecular weight excluding hydrogens is 434 g/mol. The summed E-state index contributed by atoms with van der Waals surface area (Å²) < 4.78 is 29.2. The van der Waals surface area contributed by atoms with Crippen molar-refractivity contribution in [2.45, 2.75) is 18.7 Å². The van der Waals surface area contributed by atoms with Crippen LogP contribution in [0.2, 0.25) is 0 Å². The molecular formula is C21H33N5O5S. The number of hydrogen-bond acceptors (Lipinski definition) is 7. The van der Waals surface area contributed by atoms with E-state index in [0.717, 1.165) is 0 Å². The van der Waals surface area contributed by atoms with Crippen LogP contribution in [-0.4, -0.2) is 107 Å². The summed E-state index contributed by atoms with van der Waals surface area (Å²) in [5, 5.41) is 5.32. The lowest BCUT2D eigenvalue weighted by atomic mass is 10.1. The Balaban J connectivity index is 1.74. The third-order valence-electron chi connectivity index (χ3n) is 6.01. The third kappa shape index (κ3) is 5.77. The van der Waals surface area contributed by atoms with Gasteiger partial charge >= 0.3 is 0 Å². The Labute approximate surface area is 189 Å². The van der Waals surface area contributed by atoms with Crippen LogP contribution in [0, 0.1) is 0 Å². The van der Waals surface area contributed by atoms with Gasteiger partial charge in [0, 0.05) is 58.0 Å². The van der Waals surface area contributed by atoms with E-state index in [-0.39, 0.29) is 16.7 Å². The van der Waals surface area contributed by atoms with Gasteiger partial charge in [-0.2, -0.15) is 0 Å². The number of amides is 2. The minimum absolute atomic E-state index is 0.0821. The van der Waals surface area contributed by atoms with Gasteiger partial charge in [-0.05, 0) is 32.0 Å². The number of sulfonamides is 1. The van der Waals surface area contributed by atoms with Gasteiger partial charge in [0.05, 0.1) is 30.2 Å². The van der Waals surface area contributed by atoms with Crippen molar-refractivity contribution in [1.29, 1.82) is 0 Å². The number of ether oxygens (including phenoxy) is 1. The molecule has 3 rings (SSSR count). The van der Waals surface area contributed by atoms with Gasteiger partial charge in [-0.1, -0.05) is 0 Å². The van der Waals surface area contributed by atoms with Crippen molar-refractivity contribution < 1.29 is 22.7 Å². The maximum Gasteiger partial charge on any atom is 0.256 e. The Hall–Kier alpha value is -2.21. The maximum atomic E-state index is 13.4. The van der Waals surface area contributed by atoms with Gasteiger partial charge in [-0.25, -0.2) is 13.6 Å². The molecule has 2 amide bonds. The SMILES string of the molecule is CCN(CC)C(=O)CN1CCN(C(=O)c2cc(S(N)(=O)=O)ccc2N2CCOCC2)CC1. The van der Waals surface area contributed by atoms with Crippen LogP contribution in [0.25, 0.3) is 0 Å². The van der Waals surface area contributed by atoms with Crippen LogP contribution in [-0.2, 0) is 19.6 Å². The number of likely N-dealkylation sites (N-methyl/N-ethyl adjacent to an activating group) is 1. The number of primary sulfonamides is 1. The predicted molar refractivity (Wildman–Crippen MR) is 121 cm³/mol. The fraction of sp³-hybridized carbons (Fsp3) is 0.619. The van der Waals surface area contributed by atoms with Gasteiger partial charge < -0.3 is 19.4 Å². The number of hydrogen-bond donors (Lipinski definition) is 1. The zero-order valence-electron chi connectivity index (χ0n) is 18.8. The highest BCUT2D eigenvalue weighted by Crippen LogP contribution is 2.26. The Bertz CT molecular complexity index is 921. The molecule has 1 aromatic rings. The zero-order valence-corrected chi connectivity index (χ0v) is 19.6. The molecule has 2 saturated heterocycles. The summed E-state index contributed by atoms with van der Waals surface area (Å²) in [6.07, 6.45) is 0. The first-order chi connectivity index (χ1) is 15.2. The largest absolute Gasteiger partial charge is 0.378 e. The molecule has 32 heavy (non-hydrogen) atoms. The number of nitrogens with zero attached hydrogens (tertiary/aromatic N) is 4. The second kappa shape index (κ2) is 10.6. The molecule has 2 N–H and O–H groups in total. The van der Waals surface area contributed by atoms with E-state index in [9.17, 15) is 18.0 Å². The summed E-state index contributed by atoms with van der Waals surface area (Å²) in [6, 6.07) is 4.46. The molecule has 0 spiro atoms. The molecule has 2 aliphatic heterocycles. The van der Waals surface area contributed by atoms with Crippen LogP contribution in [0.4, 0.5) is 5.69 Å². The van der Waals surface area contributed by atoms with Gasteiger partial charge in [-0.15, -0.1) is 0 Å². The lowest BCUT2D eigenvalue weighted by molar-refractivity contribution is -0.132. The number of carbonyl (C=O) groups excluding carboxylic acids is 2. The van der Waals surface area contributed by atoms with Crippen molar-refractivity contribution >= 4 is 27.5 Å². The van der Waals surface area contributed by atoms with Crippen molar-refractivity contribution in [1.82, 2.24) is 14.7 Å². The number of piperazine rings is 1. The molecule has 0 atom stereocenters. The van der Waals surface area contributed by atoms with E-state index in [1.165, 1.54) is 12.1 Å². The summed E-state index contributed by atoms with van der Waals surface area (Å²) in [6.45, 7) is 10.0. The van der Waals surface area contributed by atoms with E-state index in [1.807, 2.05) is 23.6 Å². The van der Waals surface area contributed by atoms with E-state index >= 15 is 0 Å². The predicted octanol–water partition coefficient (Wildman–Crippen LogP) is -0.203. The standard InChI is InChI=1S/C21H33N5O5S/c1-3-24(4-2)20(27)16-23-7-9-26(10-8-23)21(28)18-15-17(32(22,29)30)5-6-19(18)25-11-13-31-14-12-25/h5-6,15H,3-4,7-14,16H2,1-2H3,(H2,22,29,30). The lowest BCUT2D eigenvalue weighted by Crippen LogP contribution is -2.51. The second-order valence-electron chi connectivity index (χ2n) is 7.96. The molecule has 10 nitrogen and oxygen atoms in total. The summed E-state index contributed by atoms with van der Waals surface area (Å²) in [5.41, 5.74) is 1.01. The Kier molecular flexibility index (Phi) is 8.10. The van der Waals surface area contributed by atoms with E-state index in [4.69, 9.17) is 9.88 Å². The Morgan fingerprint density at radius 2 is 1.66 bits per heavy atom. The fourth-order valence-electron chi connectivity index (χ4n) is 4.09. The number of anilines is 1. The second-order valence-corrected chi connectivity index (χ2v) is 9.52. The number of benzene rings is 1. The molecule has 0 unspecified atom stereocenters. The fourth-order valence-corrected chi connectivity index (χ4v) is 4.63. The minimum atomic E-state index is -3.94. The monoisotopic (exact) mass is 467 g/mol. The summed E-state index contributed by atoms with van der Waals surface area (Å²) >= 11 is 0. The average molecular weight is 468 g/mol. The first-order valence-electron chi connectivity index (χ1n) is 11.0. The Morgan fingerprint density at radius 3 is 2.22 bits per heavy atom. The quantitative estimate of drug-likeness (QED) is 0.590. The molecule has 0 aromatic heterocycles. The van der Waals surface area contributed by atoms with E-state index in [0.29, 0.717) is 83.4 Å². The van der Waals surface area contributed by atoms with Crippen LogP contribution in [0.15, 0.2) is 23.1 Å². The summed E-state index contributed by atoms with van der Waals surface area (Å²) in [4.78, 5) is 33.3. The van der Waals surface area contributed by atoms with Crippen LogP contribution in [0.1, 0.15) is 24.2 Å². The molecule has 11 heteroatoms. The van der Waals surface area contributed by atoms with Crippen molar-refractivity contribution in [2.24, 2.45) is 5.14 Å². The Morgan fingerprint density at radius 1 is 1.03 bits per heavy atom. The van der Waals surface area contributed by atoms with Gasteiger partial charge in [0.1, 0.15) is 0 Å². The van der Waals surface area contributed by atoms with E-state index in [1.54, 1.807) is 15.9 Å². The van der Waals surface area contributed by atoms with Crippen LogP contribution < -0.4 is 10.0 Å². The van der Waals surface area contributed by atoms with Gasteiger partial charge in [-0.3, -0.25) is 14.5 Å². The summed E-state index contributed by atoms with van der Waals surface area (Å²) in [5.74, 6) is -0.142. The number of rotatable bonds is 7. The highest BCUT2D eigenvalue weighted by molar-refractivity contribution is 7.89. The lowest BCUT2D eigenvalue weighted by Gasteiger charge is -2.36. The third-order valence-corrected chi connectivity index (χ3v) is 6.92. The smallest absolute Gasteiger partial charge is 0.256 e. The number of nitrogens with two attached hydrogens (primary N) is 1. The van der Waals surface area contributed by atoms with Crippen molar-refractivity contribution in [3.05, 3.63) is 23.8 Å². The normalized spacial score (nSPS) is 18.0. The van der Waals surface area contributed by atoms with Crippen molar-refractivity contribution in [3.8, 4) is 0 Å². The molecule has 178 valence electrons. The van der Waals surface area contributed by atoms with Crippen molar-refractivity contribution in [2.75, 3.05) is 77.0 Å². The van der Waals surface area contributed by atoms with Gasteiger partial charge in [0.15, 0.2) is 0 Å². The number of morpholine rings is 1. The van der Waals surface area contributed by atoms with E-state index < -0.39 is 10.0 Å². The van der Waals surface area contributed by atoms with Crippen LogP contribution >= 0.6 is 0 Å². The first kappa shape index (κ1) is 24.4. The molecule has 2 fully saturated rings. The molecule has 1 aromatic carbocycles. The first-order valence-corrected chi connectivity index (χ1v) is 12.6. The maximum absolute atomic E-state index is 13.4. The van der Waals surface area contributed by atoms with Gasteiger partial charge in [0.2, 0.25) is 15.9 Å². The molecule has 2 aliphatic rings. The topological polar surface area (TPSA) is 116 Å².